The zero-order chi connectivity index (χ0) is 10.5. The zero-order valence-electron chi connectivity index (χ0n) is 9.16. The first-order chi connectivity index (χ1) is 7.38. The Kier molecular flexibility index (Phi) is 3.41. The van der Waals surface area contributed by atoms with Crippen LogP contribution in [-0.2, 0) is 6.54 Å². The molecule has 0 aromatic carbocycles. The Bertz CT molecular complexity index is 364. The van der Waals surface area contributed by atoms with Crippen LogP contribution in [0.15, 0.2) is 12.4 Å². The van der Waals surface area contributed by atoms with E-state index in [9.17, 15) is 0 Å². The van der Waals surface area contributed by atoms with Crippen LogP contribution < -0.4 is 5.32 Å². The minimum absolute atomic E-state index is 0.566. The van der Waals surface area contributed by atoms with E-state index >= 15 is 0 Å². The van der Waals surface area contributed by atoms with E-state index in [1.165, 1.54) is 12.8 Å². The lowest BCUT2D eigenvalue weighted by Gasteiger charge is -2.17. The first-order valence-corrected chi connectivity index (χ1v) is 5.63. The van der Waals surface area contributed by atoms with E-state index in [4.69, 9.17) is 0 Å². The predicted octanol–water partition coefficient (Wildman–Crippen LogP) is 1.25. The summed E-state index contributed by atoms with van der Waals surface area (Å²) in [4.78, 5) is 0. The lowest BCUT2D eigenvalue weighted by Crippen LogP contribution is -2.26. The molecule has 15 heavy (non-hydrogen) atoms. The highest BCUT2D eigenvalue weighted by Crippen LogP contribution is 2.10. The SMILES string of the molecule is CCn1cc(C#CC2CCNCC2)cn1. The van der Waals surface area contributed by atoms with Gasteiger partial charge in [0.05, 0.1) is 11.8 Å². The van der Waals surface area contributed by atoms with Gasteiger partial charge in [-0.25, -0.2) is 0 Å². The van der Waals surface area contributed by atoms with Crippen molar-refractivity contribution in [2.45, 2.75) is 26.3 Å². The summed E-state index contributed by atoms with van der Waals surface area (Å²) < 4.78 is 1.91. The van der Waals surface area contributed by atoms with Gasteiger partial charge >= 0.3 is 0 Å². The second kappa shape index (κ2) is 4.99. The van der Waals surface area contributed by atoms with E-state index in [-0.39, 0.29) is 0 Å². The van der Waals surface area contributed by atoms with Crippen LogP contribution in [0.4, 0.5) is 0 Å². The average Bonchev–Trinajstić information content (AvgIpc) is 2.76. The highest BCUT2D eigenvalue weighted by molar-refractivity contribution is 5.30. The van der Waals surface area contributed by atoms with Crippen molar-refractivity contribution in [3.05, 3.63) is 18.0 Å². The summed E-state index contributed by atoms with van der Waals surface area (Å²) in [6.07, 6.45) is 6.20. The largest absolute Gasteiger partial charge is 0.317 e. The van der Waals surface area contributed by atoms with Crippen molar-refractivity contribution in [2.24, 2.45) is 5.92 Å². The minimum atomic E-state index is 0.566. The molecule has 1 aliphatic rings. The molecular weight excluding hydrogens is 186 g/mol. The third kappa shape index (κ3) is 2.84. The van der Waals surface area contributed by atoms with Crippen LogP contribution in [0.2, 0.25) is 0 Å². The normalized spacial score (nSPS) is 17.1. The smallest absolute Gasteiger partial charge is 0.0646 e. The van der Waals surface area contributed by atoms with Crippen LogP contribution in [0.3, 0.4) is 0 Å². The maximum absolute atomic E-state index is 4.20. The topological polar surface area (TPSA) is 29.9 Å². The lowest BCUT2D eigenvalue weighted by atomic mass is 9.99. The zero-order valence-corrected chi connectivity index (χ0v) is 9.16. The number of nitrogens with zero attached hydrogens (tertiary/aromatic N) is 2. The molecule has 80 valence electrons. The predicted molar refractivity (Wildman–Crippen MR) is 60.4 cm³/mol. The molecule has 1 aromatic heterocycles. The number of aryl methyl sites for hydroxylation is 1. The van der Waals surface area contributed by atoms with E-state index in [1.807, 2.05) is 17.1 Å². The van der Waals surface area contributed by atoms with Crippen molar-refractivity contribution in [3.63, 3.8) is 0 Å². The molecule has 2 rings (SSSR count). The fourth-order valence-corrected chi connectivity index (χ4v) is 1.75. The first kappa shape index (κ1) is 10.3. The van der Waals surface area contributed by atoms with Crippen molar-refractivity contribution in [3.8, 4) is 11.8 Å². The standard InChI is InChI=1S/C12H17N3/c1-2-15-10-12(9-14-15)4-3-11-5-7-13-8-6-11/h9-11,13H,2,5-8H2,1H3. The van der Waals surface area contributed by atoms with Crippen molar-refractivity contribution in [1.82, 2.24) is 15.1 Å². The Morgan fingerprint density at radius 3 is 3.00 bits per heavy atom. The summed E-state index contributed by atoms with van der Waals surface area (Å²) >= 11 is 0. The van der Waals surface area contributed by atoms with Crippen LogP contribution in [0.25, 0.3) is 0 Å². The van der Waals surface area contributed by atoms with E-state index in [0.717, 1.165) is 25.2 Å². The summed E-state index contributed by atoms with van der Waals surface area (Å²) in [7, 11) is 0. The second-order valence-corrected chi connectivity index (χ2v) is 3.88. The van der Waals surface area contributed by atoms with Gasteiger partial charge in [-0.15, -0.1) is 0 Å². The van der Waals surface area contributed by atoms with Crippen molar-refractivity contribution in [2.75, 3.05) is 13.1 Å². The summed E-state index contributed by atoms with van der Waals surface area (Å²) in [6, 6.07) is 0. The van der Waals surface area contributed by atoms with Gasteiger partial charge in [-0.1, -0.05) is 11.8 Å². The van der Waals surface area contributed by atoms with Gasteiger partial charge in [0.2, 0.25) is 0 Å². The van der Waals surface area contributed by atoms with Crippen LogP contribution >= 0.6 is 0 Å². The molecule has 0 atom stereocenters. The van der Waals surface area contributed by atoms with Crippen molar-refractivity contribution < 1.29 is 0 Å². The highest BCUT2D eigenvalue weighted by atomic mass is 15.3. The van der Waals surface area contributed by atoms with Gasteiger partial charge in [-0.05, 0) is 32.9 Å². The Balaban J connectivity index is 1.97. The van der Waals surface area contributed by atoms with Crippen LogP contribution in [-0.4, -0.2) is 22.9 Å². The van der Waals surface area contributed by atoms with Crippen LogP contribution in [0.5, 0.6) is 0 Å². The number of rotatable bonds is 1. The van der Waals surface area contributed by atoms with Gasteiger partial charge in [-0.2, -0.15) is 5.10 Å². The number of hydrogen-bond acceptors (Lipinski definition) is 2. The summed E-state index contributed by atoms with van der Waals surface area (Å²) in [6.45, 7) is 5.20. The van der Waals surface area contributed by atoms with Crippen LogP contribution in [0.1, 0.15) is 25.3 Å². The van der Waals surface area contributed by atoms with Gasteiger partial charge in [-0.3, -0.25) is 4.68 Å². The maximum atomic E-state index is 4.20. The van der Waals surface area contributed by atoms with Crippen molar-refractivity contribution >= 4 is 0 Å². The molecule has 2 heterocycles. The molecule has 3 nitrogen and oxygen atoms in total. The number of piperidine rings is 1. The molecule has 0 radical (unpaired) electrons. The first-order valence-electron chi connectivity index (χ1n) is 5.63. The summed E-state index contributed by atoms with van der Waals surface area (Å²) in [5.74, 6) is 7.11. The van der Waals surface area contributed by atoms with Crippen LogP contribution in [0, 0.1) is 17.8 Å². The maximum Gasteiger partial charge on any atom is 0.0646 e. The third-order valence-electron chi connectivity index (χ3n) is 2.72. The number of nitrogens with one attached hydrogen (secondary N) is 1. The molecule has 0 bridgehead atoms. The molecule has 1 fully saturated rings. The molecule has 0 amide bonds. The number of hydrogen-bond donors (Lipinski definition) is 1. The van der Waals surface area contributed by atoms with Gasteiger partial charge in [0.1, 0.15) is 0 Å². The Morgan fingerprint density at radius 2 is 2.33 bits per heavy atom. The second-order valence-electron chi connectivity index (χ2n) is 3.88. The average molecular weight is 203 g/mol. The van der Waals surface area contributed by atoms with Gasteiger partial charge in [0, 0.05) is 18.7 Å². The Hall–Kier alpha value is -1.27. The lowest BCUT2D eigenvalue weighted by molar-refractivity contribution is 0.447. The molecule has 1 N–H and O–H groups in total. The summed E-state index contributed by atoms with van der Waals surface area (Å²) in [5, 5.41) is 7.54. The molecule has 0 saturated carbocycles. The molecule has 1 aromatic rings. The Morgan fingerprint density at radius 1 is 1.53 bits per heavy atom. The molecule has 0 unspecified atom stereocenters. The monoisotopic (exact) mass is 203 g/mol. The Labute approximate surface area is 90.9 Å². The van der Waals surface area contributed by atoms with Gasteiger partial charge in [0.25, 0.3) is 0 Å². The van der Waals surface area contributed by atoms with Gasteiger partial charge < -0.3 is 5.32 Å². The molecule has 3 heteroatoms. The fraction of sp³-hybridized carbons (Fsp3) is 0.583. The van der Waals surface area contributed by atoms with E-state index in [1.54, 1.807) is 0 Å². The van der Waals surface area contributed by atoms with E-state index < -0.39 is 0 Å². The summed E-state index contributed by atoms with van der Waals surface area (Å²) in [5.41, 5.74) is 1.04. The number of aromatic nitrogens is 2. The molecule has 0 spiro atoms. The molecule has 1 saturated heterocycles. The third-order valence-corrected chi connectivity index (χ3v) is 2.72. The minimum Gasteiger partial charge on any atom is -0.317 e. The highest BCUT2D eigenvalue weighted by Gasteiger charge is 2.09. The molecule has 0 aliphatic carbocycles. The van der Waals surface area contributed by atoms with E-state index in [2.05, 4.69) is 29.2 Å². The van der Waals surface area contributed by atoms with Crippen molar-refractivity contribution in [1.29, 1.82) is 0 Å². The fourth-order valence-electron chi connectivity index (χ4n) is 1.75. The molecular formula is C12H17N3. The quantitative estimate of drug-likeness (QED) is 0.696. The molecule has 1 aliphatic heterocycles. The van der Waals surface area contributed by atoms with Gasteiger partial charge in [0.15, 0.2) is 0 Å². The van der Waals surface area contributed by atoms with E-state index in [0.29, 0.717) is 5.92 Å².